The summed E-state index contributed by atoms with van der Waals surface area (Å²) in [6.07, 6.45) is 9.32. The van der Waals surface area contributed by atoms with E-state index in [2.05, 4.69) is 36.2 Å². The van der Waals surface area contributed by atoms with E-state index in [-0.39, 0.29) is 30.6 Å². The molecule has 10 nitrogen and oxygen atoms in total. The Hall–Kier alpha value is -4.18. The fraction of sp³-hybridized carbons (Fsp3) is 0.550. The number of likely N-dealkylation sites (tertiary alicyclic amines) is 1. The third-order valence-corrected chi connectivity index (χ3v) is 11.4. The monoisotopic (exact) mass is 683 g/mol. The van der Waals surface area contributed by atoms with Gasteiger partial charge in [-0.05, 0) is 131 Å². The fourth-order valence-electron chi connectivity index (χ4n) is 7.82. The van der Waals surface area contributed by atoms with Gasteiger partial charge in [-0.1, -0.05) is 12.1 Å². The van der Waals surface area contributed by atoms with Gasteiger partial charge in [0.25, 0.3) is 0 Å². The van der Waals surface area contributed by atoms with E-state index in [9.17, 15) is 14.7 Å². The molecule has 2 aliphatic carbocycles. The molecule has 2 amide bonds. The number of pyridine rings is 2. The first-order valence-corrected chi connectivity index (χ1v) is 18.2. The summed E-state index contributed by atoms with van der Waals surface area (Å²) >= 11 is 0. The van der Waals surface area contributed by atoms with Gasteiger partial charge in [0.05, 0.1) is 25.3 Å². The van der Waals surface area contributed by atoms with Crippen molar-refractivity contribution >= 4 is 23.6 Å². The number of amides is 2. The van der Waals surface area contributed by atoms with Crippen LogP contribution in [0.15, 0.2) is 54.9 Å². The number of anilines is 2. The molecule has 0 spiro atoms. The third-order valence-electron chi connectivity index (χ3n) is 11.4. The Morgan fingerprint density at radius 1 is 0.920 bits per heavy atom. The number of carbonyl (C=O) groups excluding carboxylic acids is 2. The van der Waals surface area contributed by atoms with Crippen LogP contribution in [0.4, 0.5) is 16.4 Å². The van der Waals surface area contributed by atoms with Crippen LogP contribution in [0.5, 0.6) is 5.75 Å². The maximum Gasteiger partial charge on any atom is 0.410 e. The first kappa shape index (κ1) is 35.6. The maximum atomic E-state index is 14.4. The number of ether oxygens (including phenoxy) is 2. The number of aryl methyl sites for hydroxylation is 1. The molecule has 1 atom stereocenters. The SMILES string of the molecule is COc1ccc(C2CCC(CN(C(=O)C3CCC(OC(=O)N4CC(O)C4(C)C)CC3)c3cc(-c4ccc(N(C)C)nc4)ccn3)CC2)cc1C. The van der Waals surface area contributed by atoms with Crippen molar-refractivity contribution < 1.29 is 24.2 Å². The molecular weight excluding hydrogens is 630 g/mol. The van der Waals surface area contributed by atoms with E-state index in [1.807, 2.05) is 62.1 Å². The summed E-state index contributed by atoms with van der Waals surface area (Å²) in [4.78, 5) is 42.2. The lowest BCUT2D eigenvalue weighted by atomic mass is 9.78. The molecular formula is C40H53N5O5. The molecule has 1 aliphatic heterocycles. The Labute approximate surface area is 296 Å². The van der Waals surface area contributed by atoms with Gasteiger partial charge in [-0.3, -0.25) is 14.6 Å². The molecule has 3 aromatic rings. The second kappa shape index (κ2) is 15.0. The summed E-state index contributed by atoms with van der Waals surface area (Å²) in [5.41, 5.74) is 3.85. The highest BCUT2D eigenvalue weighted by Crippen LogP contribution is 2.39. The van der Waals surface area contributed by atoms with Crippen LogP contribution in [0.3, 0.4) is 0 Å². The van der Waals surface area contributed by atoms with E-state index in [1.165, 1.54) is 5.56 Å². The first-order valence-electron chi connectivity index (χ1n) is 18.2. The number of carbonyl (C=O) groups is 2. The van der Waals surface area contributed by atoms with Gasteiger partial charge in [-0.15, -0.1) is 0 Å². The average molecular weight is 684 g/mol. The lowest BCUT2D eigenvalue weighted by Crippen LogP contribution is -2.69. The van der Waals surface area contributed by atoms with Gasteiger partial charge >= 0.3 is 6.09 Å². The number of β-amino-alcohol motifs (C(OH)–C–C–N with tert-alkyl or cyclic N) is 1. The van der Waals surface area contributed by atoms with Crippen molar-refractivity contribution in [2.24, 2.45) is 11.8 Å². The lowest BCUT2D eigenvalue weighted by molar-refractivity contribution is -0.125. The molecule has 0 radical (unpaired) electrons. The Balaban J connectivity index is 1.15. The summed E-state index contributed by atoms with van der Waals surface area (Å²) in [5.74, 6) is 3.27. The van der Waals surface area contributed by atoms with E-state index >= 15 is 0 Å². The average Bonchev–Trinajstić information content (AvgIpc) is 3.13. The van der Waals surface area contributed by atoms with Crippen LogP contribution >= 0.6 is 0 Å². The predicted molar refractivity (Wildman–Crippen MR) is 196 cm³/mol. The molecule has 2 saturated carbocycles. The largest absolute Gasteiger partial charge is 0.496 e. The number of aromatic nitrogens is 2. The summed E-state index contributed by atoms with van der Waals surface area (Å²) in [7, 11) is 5.65. The quantitative estimate of drug-likeness (QED) is 0.257. The molecule has 3 fully saturated rings. The molecule has 3 heterocycles. The topological polar surface area (TPSA) is 108 Å². The second-order valence-corrected chi connectivity index (χ2v) is 15.2. The van der Waals surface area contributed by atoms with Crippen molar-refractivity contribution in [1.82, 2.24) is 14.9 Å². The van der Waals surface area contributed by atoms with E-state index in [0.717, 1.165) is 53.9 Å². The Bertz CT molecular complexity index is 1640. The molecule has 0 bridgehead atoms. The molecule has 6 rings (SSSR count). The standard InChI is InChI=1S/C40H53N5O5/c1-26-21-30(13-17-34(26)49-6)28-9-7-27(8-10-28)24-44(37-22-31(19-20-41-37)32-14-18-36(42-23-32)43(4)5)38(47)29-11-15-33(16-12-29)50-39(48)45-25-35(46)40(45,2)3/h13-14,17-23,27-29,33,35,46H,7-12,15-16,24-25H2,1-6H3. The molecule has 50 heavy (non-hydrogen) atoms. The van der Waals surface area contributed by atoms with Crippen LogP contribution in [0.2, 0.25) is 0 Å². The van der Waals surface area contributed by atoms with Crippen LogP contribution in [-0.4, -0.2) is 84.0 Å². The number of aliphatic hydroxyl groups is 1. The minimum Gasteiger partial charge on any atom is -0.496 e. The third kappa shape index (κ3) is 7.60. The summed E-state index contributed by atoms with van der Waals surface area (Å²) in [5, 5.41) is 10.1. The maximum absolute atomic E-state index is 14.4. The van der Waals surface area contributed by atoms with Crippen LogP contribution < -0.4 is 14.5 Å². The number of benzene rings is 1. The van der Waals surface area contributed by atoms with Crippen molar-refractivity contribution in [3.63, 3.8) is 0 Å². The van der Waals surface area contributed by atoms with Gasteiger partial charge in [-0.2, -0.15) is 0 Å². The van der Waals surface area contributed by atoms with Gasteiger partial charge in [0.1, 0.15) is 23.5 Å². The van der Waals surface area contributed by atoms with Gasteiger partial charge in [0, 0.05) is 44.5 Å². The number of nitrogens with zero attached hydrogens (tertiary/aromatic N) is 5. The summed E-state index contributed by atoms with van der Waals surface area (Å²) in [6, 6.07) is 14.6. The van der Waals surface area contributed by atoms with Crippen molar-refractivity contribution in [2.45, 2.75) is 95.8 Å². The Kier molecular flexibility index (Phi) is 10.7. The highest BCUT2D eigenvalue weighted by atomic mass is 16.6. The van der Waals surface area contributed by atoms with E-state index in [4.69, 9.17) is 14.5 Å². The van der Waals surface area contributed by atoms with Gasteiger partial charge in [0.2, 0.25) is 5.91 Å². The number of aliphatic hydroxyl groups excluding tert-OH is 1. The molecule has 1 aromatic carbocycles. The summed E-state index contributed by atoms with van der Waals surface area (Å²) < 4.78 is 11.3. The van der Waals surface area contributed by atoms with Crippen molar-refractivity contribution in [3.05, 3.63) is 66.0 Å². The van der Waals surface area contributed by atoms with Crippen LogP contribution in [-0.2, 0) is 9.53 Å². The van der Waals surface area contributed by atoms with Gasteiger partial charge in [0.15, 0.2) is 0 Å². The first-order chi connectivity index (χ1) is 23.9. The van der Waals surface area contributed by atoms with Crippen LogP contribution in [0.1, 0.15) is 82.3 Å². The molecule has 1 unspecified atom stereocenters. The van der Waals surface area contributed by atoms with Crippen molar-refractivity contribution in [1.29, 1.82) is 0 Å². The minimum absolute atomic E-state index is 0.0976. The van der Waals surface area contributed by atoms with E-state index in [0.29, 0.717) is 49.9 Å². The molecule has 2 aromatic heterocycles. The number of rotatable bonds is 9. The molecule has 10 heteroatoms. The van der Waals surface area contributed by atoms with E-state index < -0.39 is 11.6 Å². The smallest absolute Gasteiger partial charge is 0.410 e. The Morgan fingerprint density at radius 3 is 2.26 bits per heavy atom. The fourth-order valence-corrected chi connectivity index (χ4v) is 7.82. The molecule has 3 aliphatic rings. The zero-order valence-electron chi connectivity index (χ0n) is 30.5. The minimum atomic E-state index is -0.622. The molecule has 1 saturated heterocycles. The molecule has 1 N–H and O–H groups in total. The summed E-state index contributed by atoms with van der Waals surface area (Å²) in [6.45, 7) is 6.71. The highest BCUT2D eigenvalue weighted by Gasteiger charge is 2.49. The highest BCUT2D eigenvalue weighted by molar-refractivity contribution is 5.94. The Morgan fingerprint density at radius 2 is 1.66 bits per heavy atom. The van der Waals surface area contributed by atoms with E-state index in [1.54, 1.807) is 18.2 Å². The lowest BCUT2D eigenvalue weighted by Gasteiger charge is -2.51. The molecule has 268 valence electrons. The second-order valence-electron chi connectivity index (χ2n) is 15.2. The number of methoxy groups -OCH3 is 1. The number of hydrogen-bond donors (Lipinski definition) is 1. The van der Waals surface area contributed by atoms with Gasteiger partial charge < -0.3 is 19.5 Å². The van der Waals surface area contributed by atoms with Crippen LogP contribution in [0, 0.1) is 18.8 Å². The van der Waals surface area contributed by atoms with Gasteiger partial charge in [-0.25, -0.2) is 14.8 Å². The number of hydrogen-bond acceptors (Lipinski definition) is 8. The zero-order valence-corrected chi connectivity index (χ0v) is 30.5. The predicted octanol–water partition coefficient (Wildman–Crippen LogP) is 6.98. The van der Waals surface area contributed by atoms with Crippen molar-refractivity contribution in [3.8, 4) is 16.9 Å². The van der Waals surface area contributed by atoms with Crippen molar-refractivity contribution in [2.75, 3.05) is 44.1 Å². The van der Waals surface area contributed by atoms with Crippen LogP contribution in [0.25, 0.3) is 11.1 Å². The normalized spacial score (nSPS) is 24.5. The zero-order chi connectivity index (χ0) is 35.6.